The average molecular weight is 353 g/mol. The van der Waals surface area contributed by atoms with Gasteiger partial charge in [0, 0.05) is 17.8 Å². The molecule has 9 heteroatoms. The highest BCUT2D eigenvalue weighted by molar-refractivity contribution is 7.99. The molecule has 122 valence electrons. The van der Waals surface area contributed by atoms with Crippen molar-refractivity contribution in [2.24, 2.45) is 5.14 Å². The fourth-order valence-corrected chi connectivity index (χ4v) is 3.37. The molecule has 1 aromatic carbocycles. The van der Waals surface area contributed by atoms with E-state index in [1.807, 2.05) is 0 Å². The highest BCUT2D eigenvalue weighted by Gasteiger charge is 2.14. The molecule has 23 heavy (non-hydrogen) atoms. The van der Waals surface area contributed by atoms with E-state index in [1.165, 1.54) is 12.3 Å². The number of amides is 1. The average Bonchev–Trinajstić information content (AvgIpc) is 2.47. The van der Waals surface area contributed by atoms with E-state index in [0.717, 1.165) is 11.8 Å². The molecule has 0 fully saturated rings. The molecule has 0 atom stereocenters. The van der Waals surface area contributed by atoms with E-state index in [2.05, 4.69) is 5.32 Å². The van der Waals surface area contributed by atoms with Crippen molar-refractivity contribution < 1.29 is 17.9 Å². The number of aryl methyl sites for hydroxylation is 1. The molecule has 1 aromatic heterocycles. The molecular formula is C14H15N3O4S2. The summed E-state index contributed by atoms with van der Waals surface area (Å²) in [5.41, 5.74) is 0.824. The van der Waals surface area contributed by atoms with Gasteiger partial charge in [-0.1, -0.05) is 6.07 Å². The maximum absolute atomic E-state index is 11.9. The maximum atomic E-state index is 11.9. The van der Waals surface area contributed by atoms with Gasteiger partial charge in [0.25, 0.3) is 5.03 Å². The van der Waals surface area contributed by atoms with E-state index in [4.69, 9.17) is 5.14 Å². The van der Waals surface area contributed by atoms with Crippen molar-refractivity contribution in [1.29, 1.82) is 0 Å². The van der Waals surface area contributed by atoms with Crippen LogP contribution in [-0.2, 0) is 14.8 Å². The fourth-order valence-electron chi connectivity index (χ4n) is 1.85. The lowest BCUT2D eigenvalue weighted by Gasteiger charge is -2.09. The lowest BCUT2D eigenvalue weighted by molar-refractivity contribution is -0.645. The van der Waals surface area contributed by atoms with Crippen LogP contribution >= 0.6 is 11.8 Å². The van der Waals surface area contributed by atoms with Crippen LogP contribution in [0.1, 0.15) is 5.56 Å². The van der Waals surface area contributed by atoms with E-state index >= 15 is 0 Å². The van der Waals surface area contributed by atoms with E-state index in [9.17, 15) is 18.4 Å². The minimum Gasteiger partial charge on any atom is -0.618 e. The zero-order valence-electron chi connectivity index (χ0n) is 12.2. The second kappa shape index (κ2) is 6.99. The highest BCUT2D eigenvalue weighted by atomic mass is 32.2. The summed E-state index contributed by atoms with van der Waals surface area (Å²) in [6, 6.07) is 9.36. The Morgan fingerprint density at radius 2 is 2.09 bits per heavy atom. The van der Waals surface area contributed by atoms with Gasteiger partial charge in [-0.05, 0) is 42.4 Å². The third-order valence-corrected chi connectivity index (χ3v) is 4.99. The number of pyridine rings is 1. The van der Waals surface area contributed by atoms with E-state index in [-0.39, 0.29) is 16.6 Å². The summed E-state index contributed by atoms with van der Waals surface area (Å²) in [7, 11) is -3.85. The molecule has 0 radical (unpaired) electrons. The molecule has 3 N–H and O–H groups in total. The molecular weight excluding hydrogens is 338 g/mol. The van der Waals surface area contributed by atoms with Gasteiger partial charge in [0.15, 0.2) is 6.20 Å². The Balaban J connectivity index is 2.05. The first kappa shape index (κ1) is 17.3. The lowest BCUT2D eigenvalue weighted by atomic mass is 10.2. The van der Waals surface area contributed by atoms with Crippen molar-refractivity contribution >= 4 is 33.4 Å². The predicted molar refractivity (Wildman–Crippen MR) is 87.3 cm³/mol. The zero-order valence-corrected chi connectivity index (χ0v) is 13.9. The molecule has 2 aromatic rings. The number of sulfonamides is 1. The summed E-state index contributed by atoms with van der Waals surface area (Å²) in [4.78, 5) is 11.9. The number of rotatable bonds is 5. The number of hydrogen-bond acceptors (Lipinski definition) is 5. The van der Waals surface area contributed by atoms with Gasteiger partial charge in [0.05, 0.1) is 10.6 Å². The highest BCUT2D eigenvalue weighted by Crippen LogP contribution is 2.20. The number of anilines is 1. The van der Waals surface area contributed by atoms with Crippen LogP contribution in [0.2, 0.25) is 0 Å². The predicted octanol–water partition coefficient (Wildman–Crippen LogP) is 1.01. The Morgan fingerprint density at radius 3 is 2.74 bits per heavy atom. The topological polar surface area (TPSA) is 116 Å². The molecule has 0 saturated heterocycles. The largest absolute Gasteiger partial charge is 0.618 e. The van der Waals surface area contributed by atoms with Crippen molar-refractivity contribution in [3.05, 3.63) is 53.4 Å². The monoisotopic (exact) mass is 353 g/mol. The molecule has 1 amide bonds. The van der Waals surface area contributed by atoms with E-state index < -0.39 is 10.0 Å². The standard InChI is InChI=1S/C14H15N3O4S2/c1-10-5-6-11(8-12(10)23(15,20)21)16-13(18)9-22-14-4-2-3-7-17(14)19/h2-8H,9H2,1H3,(H,16,18)(H2,15,20,21). The number of primary sulfonamides is 1. The molecule has 0 aliphatic heterocycles. The Labute approximate surface area is 138 Å². The Kier molecular flexibility index (Phi) is 5.24. The van der Waals surface area contributed by atoms with Crippen molar-refractivity contribution in [1.82, 2.24) is 0 Å². The van der Waals surface area contributed by atoms with Crippen molar-refractivity contribution in [3.8, 4) is 0 Å². The minimum atomic E-state index is -3.85. The van der Waals surface area contributed by atoms with Crippen LogP contribution in [0.5, 0.6) is 0 Å². The number of nitrogens with two attached hydrogens (primary N) is 1. The lowest BCUT2D eigenvalue weighted by Crippen LogP contribution is -2.28. The molecule has 0 spiro atoms. The molecule has 0 unspecified atom stereocenters. The van der Waals surface area contributed by atoms with Gasteiger partial charge in [-0.2, -0.15) is 4.73 Å². The molecule has 0 bridgehead atoms. The number of nitrogens with one attached hydrogen (secondary N) is 1. The van der Waals surface area contributed by atoms with Crippen LogP contribution in [-0.4, -0.2) is 20.1 Å². The summed E-state index contributed by atoms with van der Waals surface area (Å²) in [6.45, 7) is 1.61. The molecule has 0 aliphatic carbocycles. The SMILES string of the molecule is Cc1ccc(NC(=O)CSc2cccc[n+]2[O-])cc1S(N)(=O)=O. The van der Waals surface area contributed by atoms with Crippen LogP contribution in [0.15, 0.2) is 52.5 Å². The summed E-state index contributed by atoms with van der Waals surface area (Å²) in [5, 5.41) is 19.6. The van der Waals surface area contributed by atoms with E-state index in [1.54, 1.807) is 37.3 Å². The molecule has 2 rings (SSSR count). The van der Waals surface area contributed by atoms with Gasteiger partial charge in [-0.25, -0.2) is 13.6 Å². The van der Waals surface area contributed by atoms with Crippen LogP contribution in [0.25, 0.3) is 0 Å². The van der Waals surface area contributed by atoms with Crippen molar-refractivity contribution in [3.63, 3.8) is 0 Å². The number of hydrogen-bond donors (Lipinski definition) is 2. The second-order valence-electron chi connectivity index (χ2n) is 4.73. The number of nitrogens with zero attached hydrogens (tertiary/aromatic N) is 1. The molecule has 7 nitrogen and oxygen atoms in total. The summed E-state index contributed by atoms with van der Waals surface area (Å²) in [5.74, 6) is -0.340. The third-order valence-electron chi connectivity index (χ3n) is 2.92. The first-order valence-electron chi connectivity index (χ1n) is 6.51. The number of benzene rings is 1. The first-order chi connectivity index (χ1) is 10.8. The number of carbonyl (C=O) groups excluding carboxylic acids is 1. The first-order valence-corrected chi connectivity index (χ1v) is 9.05. The van der Waals surface area contributed by atoms with Gasteiger partial charge in [0.1, 0.15) is 0 Å². The quantitative estimate of drug-likeness (QED) is 0.473. The summed E-state index contributed by atoms with van der Waals surface area (Å²) in [6.07, 6.45) is 1.35. The van der Waals surface area contributed by atoms with Gasteiger partial charge >= 0.3 is 0 Å². The van der Waals surface area contributed by atoms with Gasteiger partial charge in [-0.3, -0.25) is 4.79 Å². The number of aromatic nitrogens is 1. The Hall–Kier alpha value is -2.10. The van der Waals surface area contributed by atoms with Gasteiger partial charge < -0.3 is 10.5 Å². The molecule has 0 saturated carbocycles. The number of thioether (sulfide) groups is 1. The Morgan fingerprint density at radius 1 is 1.35 bits per heavy atom. The van der Waals surface area contributed by atoms with E-state index in [0.29, 0.717) is 21.0 Å². The van der Waals surface area contributed by atoms with Crippen LogP contribution in [0.3, 0.4) is 0 Å². The fraction of sp³-hybridized carbons (Fsp3) is 0.143. The Bertz CT molecular complexity index is 838. The maximum Gasteiger partial charge on any atom is 0.251 e. The van der Waals surface area contributed by atoms with Gasteiger partial charge in [0.2, 0.25) is 15.9 Å². The molecule has 0 aliphatic rings. The second-order valence-corrected chi connectivity index (χ2v) is 7.25. The van der Waals surface area contributed by atoms with Crippen molar-refractivity contribution in [2.75, 3.05) is 11.1 Å². The normalized spacial score (nSPS) is 11.2. The van der Waals surface area contributed by atoms with Crippen LogP contribution in [0.4, 0.5) is 5.69 Å². The number of carbonyl (C=O) groups is 1. The zero-order chi connectivity index (χ0) is 17.0. The molecule has 1 heterocycles. The third kappa shape index (κ3) is 4.68. The van der Waals surface area contributed by atoms with Crippen LogP contribution in [0, 0.1) is 12.1 Å². The van der Waals surface area contributed by atoms with Gasteiger partial charge in [-0.15, -0.1) is 0 Å². The van der Waals surface area contributed by atoms with Crippen molar-refractivity contribution in [2.45, 2.75) is 16.8 Å². The summed E-state index contributed by atoms with van der Waals surface area (Å²) >= 11 is 1.08. The minimum absolute atomic E-state index is 0.0187. The van der Waals surface area contributed by atoms with Crippen LogP contribution < -0.4 is 15.2 Å². The summed E-state index contributed by atoms with van der Waals surface area (Å²) < 4.78 is 23.6. The smallest absolute Gasteiger partial charge is 0.251 e.